The van der Waals surface area contributed by atoms with E-state index in [1.54, 1.807) is 0 Å². The SMILES string of the molecule is CC[C@H](C)[C@H](NC(=O)OCc1ccccc1)C(=O)NCc1c(C)nn(Cc2ccccc2)c1C. The van der Waals surface area contributed by atoms with Crippen LogP contribution in [0.25, 0.3) is 0 Å². The van der Waals surface area contributed by atoms with Gasteiger partial charge in [-0.2, -0.15) is 5.10 Å². The zero-order valence-corrected chi connectivity index (χ0v) is 20.4. The summed E-state index contributed by atoms with van der Waals surface area (Å²) in [5.41, 5.74) is 4.93. The predicted molar refractivity (Wildman–Crippen MR) is 132 cm³/mol. The highest BCUT2D eigenvalue weighted by Crippen LogP contribution is 2.16. The first-order valence-corrected chi connectivity index (χ1v) is 11.7. The van der Waals surface area contributed by atoms with Crippen LogP contribution in [0.1, 0.15) is 48.3 Å². The number of aromatic nitrogens is 2. The zero-order valence-electron chi connectivity index (χ0n) is 20.4. The van der Waals surface area contributed by atoms with Crippen molar-refractivity contribution in [1.82, 2.24) is 20.4 Å². The Morgan fingerprint density at radius 3 is 2.24 bits per heavy atom. The van der Waals surface area contributed by atoms with Gasteiger partial charge in [0, 0.05) is 17.8 Å². The molecule has 0 aliphatic rings. The molecule has 0 radical (unpaired) electrons. The van der Waals surface area contributed by atoms with Crippen molar-refractivity contribution in [2.45, 2.75) is 59.9 Å². The molecule has 3 rings (SSSR count). The van der Waals surface area contributed by atoms with E-state index in [9.17, 15) is 9.59 Å². The Balaban J connectivity index is 1.60. The monoisotopic (exact) mass is 462 g/mol. The molecule has 0 aliphatic carbocycles. The zero-order chi connectivity index (χ0) is 24.5. The molecule has 2 amide bonds. The van der Waals surface area contributed by atoms with Gasteiger partial charge in [-0.3, -0.25) is 9.48 Å². The molecular formula is C27H34N4O3. The molecule has 1 aromatic heterocycles. The molecule has 7 heteroatoms. The van der Waals surface area contributed by atoms with Gasteiger partial charge in [-0.25, -0.2) is 4.79 Å². The first-order valence-electron chi connectivity index (χ1n) is 11.7. The van der Waals surface area contributed by atoms with Crippen LogP contribution in [0.2, 0.25) is 0 Å². The summed E-state index contributed by atoms with van der Waals surface area (Å²) in [6.45, 7) is 9.06. The normalized spacial score (nSPS) is 12.6. The maximum atomic E-state index is 13.0. The minimum atomic E-state index is -0.687. The third-order valence-electron chi connectivity index (χ3n) is 6.13. The summed E-state index contributed by atoms with van der Waals surface area (Å²) >= 11 is 0. The Kier molecular flexibility index (Phi) is 8.85. The van der Waals surface area contributed by atoms with Crippen molar-refractivity contribution in [3.63, 3.8) is 0 Å². The summed E-state index contributed by atoms with van der Waals surface area (Å²) in [6, 6.07) is 18.9. The van der Waals surface area contributed by atoms with Gasteiger partial charge < -0.3 is 15.4 Å². The van der Waals surface area contributed by atoms with Crippen LogP contribution in [0, 0.1) is 19.8 Å². The molecule has 0 fully saturated rings. The van der Waals surface area contributed by atoms with Crippen LogP contribution in [0.4, 0.5) is 4.79 Å². The summed E-state index contributed by atoms with van der Waals surface area (Å²) in [7, 11) is 0. The van der Waals surface area contributed by atoms with Crippen molar-refractivity contribution in [1.29, 1.82) is 0 Å². The Morgan fingerprint density at radius 1 is 1.00 bits per heavy atom. The number of carbonyl (C=O) groups excluding carboxylic acids is 2. The van der Waals surface area contributed by atoms with Gasteiger partial charge in [-0.05, 0) is 30.9 Å². The fourth-order valence-corrected chi connectivity index (χ4v) is 3.78. The molecule has 2 atom stereocenters. The van der Waals surface area contributed by atoms with Crippen LogP contribution in [0.3, 0.4) is 0 Å². The predicted octanol–water partition coefficient (Wildman–Crippen LogP) is 4.51. The van der Waals surface area contributed by atoms with E-state index in [1.165, 1.54) is 5.56 Å². The summed E-state index contributed by atoms with van der Waals surface area (Å²) in [4.78, 5) is 25.4. The van der Waals surface area contributed by atoms with Crippen molar-refractivity contribution in [3.05, 3.63) is 88.7 Å². The third kappa shape index (κ3) is 6.70. The number of rotatable bonds is 10. The molecule has 0 saturated heterocycles. The minimum Gasteiger partial charge on any atom is -0.445 e. The number of alkyl carbamates (subject to hydrolysis) is 1. The second-order valence-electron chi connectivity index (χ2n) is 8.58. The Bertz CT molecular complexity index is 1080. The van der Waals surface area contributed by atoms with E-state index >= 15 is 0 Å². The van der Waals surface area contributed by atoms with Gasteiger partial charge in [-0.15, -0.1) is 0 Å². The molecular weight excluding hydrogens is 428 g/mol. The van der Waals surface area contributed by atoms with Gasteiger partial charge in [0.05, 0.1) is 12.2 Å². The number of amides is 2. The number of hydrogen-bond acceptors (Lipinski definition) is 4. The highest BCUT2D eigenvalue weighted by Gasteiger charge is 2.27. The van der Waals surface area contributed by atoms with Gasteiger partial charge >= 0.3 is 6.09 Å². The summed E-state index contributed by atoms with van der Waals surface area (Å²) in [5.74, 6) is -0.284. The van der Waals surface area contributed by atoms with Crippen molar-refractivity contribution in [2.24, 2.45) is 5.92 Å². The Morgan fingerprint density at radius 2 is 1.62 bits per heavy atom. The molecule has 0 saturated carbocycles. The first-order chi connectivity index (χ1) is 16.4. The first kappa shape index (κ1) is 25.0. The van der Waals surface area contributed by atoms with Gasteiger partial charge in [0.25, 0.3) is 0 Å². The molecule has 2 aromatic carbocycles. The lowest BCUT2D eigenvalue weighted by atomic mass is 9.98. The average Bonchev–Trinajstić information content (AvgIpc) is 3.12. The summed E-state index contributed by atoms with van der Waals surface area (Å²) in [5, 5.41) is 10.4. The van der Waals surface area contributed by atoms with E-state index in [-0.39, 0.29) is 18.4 Å². The summed E-state index contributed by atoms with van der Waals surface area (Å²) < 4.78 is 7.28. The maximum absolute atomic E-state index is 13.0. The number of carbonyl (C=O) groups is 2. The lowest BCUT2D eigenvalue weighted by Gasteiger charge is -2.23. The molecule has 34 heavy (non-hydrogen) atoms. The average molecular weight is 463 g/mol. The van der Waals surface area contributed by atoms with Crippen LogP contribution >= 0.6 is 0 Å². The second kappa shape index (κ2) is 12.0. The second-order valence-corrected chi connectivity index (χ2v) is 8.58. The highest BCUT2D eigenvalue weighted by atomic mass is 16.5. The van der Waals surface area contributed by atoms with E-state index in [0.29, 0.717) is 13.1 Å². The number of ether oxygens (including phenoxy) is 1. The lowest BCUT2D eigenvalue weighted by Crippen LogP contribution is -2.50. The molecule has 7 nitrogen and oxygen atoms in total. The Labute approximate surface area is 201 Å². The summed E-state index contributed by atoms with van der Waals surface area (Å²) in [6.07, 6.45) is 0.136. The fourth-order valence-electron chi connectivity index (χ4n) is 3.78. The fraction of sp³-hybridized carbons (Fsp3) is 0.370. The van der Waals surface area contributed by atoms with Crippen LogP contribution in [-0.2, 0) is 29.2 Å². The Hall–Kier alpha value is -3.61. The van der Waals surface area contributed by atoms with Gasteiger partial charge in [0.1, 0.15) is 12.6 Å². The van der Waals surface area contributed by atoms with E-state index < -0.39 is 12.1 Å². The highest BCUT2D eigenvalue weighted by molar-refractivity contribution is 5.85. The van der Waals surface area contributed by atoms with Crippen LogP contribution < -0.4 is 10.6 Å². The molecule has 0 aliphatic heterocycles. The topological polar surface area (TPSA) is 85.2 Å². The van der Waals surface area contributed by atoms with Crippen molar-refractivity contribution in [3.8, 4) is 0 Å². The molecule has 180 valence electrons. The third-order valence-corrected chi connectivity index (χ3v) is 6.13. The smallest absolute Gasteiger partial charge is 0.408 e. The molecule has 0 unspecified atom stereocenters. The maximum Gasteiger partial charge on any atom is 0.408 e. The van der Waals surface area contributed by atoms with Crippen LogP contribution in [0.5, 0.6) is 0 Å². The molecule has 1 heterocycles. The van der Waals surface area contributed by atoms with Crippen molar-refractivity contribution in [2.75, 3.05) is 0 Å². The van der Waals surface area contributed by atoms with Crippen LogP contribution in [-0.4, -0.2) is 27.8 Å². The van der Waals surface area contributed by atoms with E-state index in [0.717, 1.165) is 28.9 Å². The molecule has 3 aromatic rings. The van der Waals surface area contributed by atoms with Crippen molar-refractivity contribution < 1.29 is 14.3 Å². The number of benzene rings is 2. The largest absolute Gasteiger partial charge is 0.445 e. The van der Waals surface area contributed by atoms with Gasteiger partial charge in [0.2, 0.25) is 5.91 Å². The standard InChI is InChI=1S/C27H34N4O3/c1-5-19(2)25(29-27(33)34-18-23-14-10-7-11-15-23)26(32)28-16-24-20(3)30-31(21(24)4)17-22-12-8-6-9-13-22/h6-15,19,25H,5,16-18H2,1-4H3,(H,28,32)(H,29,33)/t19-,25-/m0/s1. The number of nitrogens with zero attached hydrogens (tertiary/aromatic N) is 2. The number of hydrogen-bond donors (Lipinski definition) is 2. The molecule has 0 bridgehead atoms. The van der Waals surface area contributed by atoms with E-state index in [1.807, 2.05) is 80.9 Å². The molecule has 2 N–H and O–H groups in total. The van der Waals surface area contributed by atoms with E-state index in [2.05, 4.69) is 27.9 Å². The number of aryl methyl sites for hydroxylation is 1. The van der Waals surface area contributed by atoms with Gasteiger partial charge in [0.15, 0.2) is 0 Å². The van der Waals surface area contributed by atoms with E-state index in [4.69, 9.17) is 4.74 Å². The van der Waals surface area contributed by atoms with Gasteiger partial charge in [-0.1, -0.05) is 80.9 Å². The minimum absolute atomic E-state index is 0.0488. The number of nitrogens with one attached hydrogen (secondary N) is 2. The van der Waals surface area contributed by atoms with Crippen molar-refractivity contribution >= 4 is 12.0 Å². The quantitative estimate of drug-likeness (QED) is 0.464. The van der Waals surface area contributed by atoms with Crippen LogP contribution in [0.15, 0.2) is 60.7 Å². The lowest BCUT2D eigenvalue weighted by molar-refractivity contribution is -0.124. The molecule has 0 spiro atoms.